The van der Waals surface area contributed by atoms with E-state index >= 15 is 0 Å². The first-order chi connectivity index (χ1) is 9.16. The van der Waals surface area contributed by atoms with Crippen LogP contribution < -0.4 is 5.32 Å². The third-order valence-corrected chi connectivity index (χ3v) is 2.75. The molecule has 1 aromatic carbocycles. The fraction of sp³-hybridized carbons (Fsp3) is 0.308. The van der Waals surface area contributed by atoms with Crippen molar-refractivity contribution in [3.05, 3.63) is 53.9 Å². The molecule has 0 saturated heterocycles. The standard InChI is InChI=1S/C13H14F3N3/c14-11-3-1-10(2-4-11)5-6-17-9-12-18-7-8-19(12)13(15)16/h1-4,7-8,13,17H,5-6,9H2. The number of imidazole rings is 1. The second-order valence-corrected chi connectivity index (χ2v) is 4.08. The smallest absolute Gasteiger partial charge is 0.310 e. The average molecular weight is 269 g/mol. The second kappa shape index (κ2) is 6.38. The van der Waals surface area contributed by atoms with Gasteiger partial charge in [0, 0.05) is 12.4 Å². The van der Waals surface area contributed by atoms with Gasteiger partial charge in [-0.05, 0) is 30.7 Å². The Morgan fingerprint density at radius 1 is 1.21 bits per heavy atom. The van der Waals surface area contributed by atoms with Crippen LogP contribution in [0.5, 0.6) is 0 Å². The zero-order valence-electron chi connectivity index (χ0n) is 10.2. The van der Waals surface area contributed by atoms with E-state index in [4.69, 9.17) is 0 Å². The molecular weight excluding hydrogens is 255 g/mol. The molecule has 0 unspecified atom stereocenters. The van der Waals surface area contributed by atoms with Crippen LogP contribution in [0.1, 0.15) is 17.9 Å². The molecule has 0 saturated carbocycles. The van der Waals surface area contributed by atoms with Gasteiger partial charge in [0.05, 0.1) is 6.54 Å². The molecule has 0 spiro atoms. The van der Waals surface area contributed by atoms with E-state index in [1.165, 1.54) is 24.5 Å². The zero-order chi connectivity index (χ0) is 13.7. The van der Waals surface area contributed by atoms with Crippen molar-refractivity contribution in [3.63, 3.8) is 0 Å². The van der Waals surface area contributed by atoms with Gasteiger partial charge < -0.3 is 5.32 Å². The van der Waals surface area contributed by atoms with E-state index in [0.717, 1.165) is 10.1 Å². The lowest BCUT2D eigenvalue weighted by molar-refractivity contribution is 0.0666. The van der Waals surface area contributed by atoms with Crippen LogP contribution in [0.3, 0.4) is 0 Å². The summed E-state index contributed by atoms with van der Waals surface area (Å²) < 4.78 is 38.6. The molecule has 0 atom stereocenters. The molecule has 102 valence electrons. The Hall–Kier alpha value is -1.82. The van der Waals surface area contributed by atoms with Crippen molar-refractivity contribution in [2.75, 3.05) is 6.54 Å². The average Bonchev–Trinajstić information content (AvgIpc) is 2.85. The summed E-state index contributed by atoms with van der Waals surface area (Å²) in [5, 5.41) is 3.04. The fourth-order valence-corrected chi connectivity index (χ4v) is 1.74. The number of benzene rings is 1. The van der Waals surface area contributed by atoms with Gasteiger partial charge in [0.25, 0.3) is 0 Å². The number of nitrogens with zero attached hydrogens (tertiary/aromatic N) is 2. The van der Waals surface area contributed by atoms with Gasteiger partial charge in [-0.2, -0.15) is 8.78 Å². The van der Waals surface area contributed by atoms with Gasteiger partial charge in [0.15, 0.2) is 0 Å². The van der Waals surface area contributed by atoms with Crippen molar-refractivity contribution >= 4 is 0 Å². The van der Waals surface area contributed by atoms with Crippen LogP contribution in [0, 0.1) is 5.82 Å². The fourth-order valence-electron chi connectivity index (χ4n) is 1.74. The highest BCUT2D eigenvalue weighted by Crippen LogP contribution is 2.11. The molecule has 0 aliphatic carbocycles. The first kappa shape index (κ1) is 13.6. The molecule has 1 heterocycles. The monoisotopic (exact) mass is 269 g/mol. The minimum atomic E-state index is -2.57. The topological polar surface area (TPSA) is 29.9 Å². The molecule has 0 fully saturated rings. The van der Waals surface area contributed by atoms with Crippen LogP contribution >= 0.6 is 0 Å². The Bertz CT molecular complexity index is 508. The summed E-state index contributed by atoms with van der Waals surface area (Å²) in [5.41, 5.74) is 0.992. The van der Waals surface area contributed by atoms with E-state index in [-0.39, 0.29) is 12.4 Å². The van der Waals surface area contributed by atoms with Gasteiger partial charge in [0.1, 0.15) is 11.6 Å². The highest BCUT2D eigenvalue weighted by atomic mass is 19.3. The molecule has 1 N–H and O–H groups in total. The summed E-state index contributed by atoms with van der Waals surface area (Å²) in [6.07, 6.45) is 3.31. The Morgan fingerprint density at radius 2 is 1.95 bits per heavy atom. The van der Waals surface area contributed by atoms with E-state index in [0.29, 0.717) is 18.8 Å². The number of halogens is 3. The van der Waals surface area contributed by atoms with Gasteiger partial charge in [-0.25, -0.2) is 9.37 Å². The third kappa shape index (κ3) is 3.82. The SMILES string of the molecule is Fc1ccc(CCNCc2nccn2C(F)F)cc1. The van der Waals surface area contributed by atoms with Gasteiger partial charge in [0.2, 0.25) is 0 Å². The van der Waals surface area contributed by atoms with Crippen LogP contribution in [0.4, 0.5) is 13.2 Å². The summed E-state index contributed by atoms with van der Waals surface area (Å²) in [6.45, 7) is -1.68. The lowest BCUT2D eigenvalue weighted by Crippen LogP contribution is -2.19. The molecule has 1 aromatic heterocycles. The Morgan fingerprint density at radius 3 is 2.63 bits per heavy atom. The van der Waals surface area contributed by atoms with E-state index in [9.17, 15) is 13.2 Å². The highest BCUT2D eigenvalue weighted by Gasteiger charge is 2.10. The maximum Gasteiger partial charge on any atom is 0.319 e. The molecule has 2 aromatic rings. The first-order valence-electron chi connectivity index (χ1n) is 5.92. The molecule has 19 heavy (non-hydrogen) atoms. The van der Waals surface area contributed by atoms with Crippen molar-refractivity contribution in [2.24, 2.45) is 0 Å². The van der Waals surface area contributed by atoms with E-state index in [2.05, 4.69) is 10.3 Å². The Balaban J connectivity index is 1.77. The van der Waals surface area contributed by atoms with Crippen molar-refractivity contribution in [3.8, 4) is 0 Å². The summed E-state index contributed by atoms with van der Waals surface area (Å²) in [4.78, 5) is 3.86. The number of hydrogen-bond acceptors (Lipinski definition) is 2. The van der Waals surface area contributed by atoms with Gasteiger partial charge in [-0.1, -0.05) is 12.1 Å². The lowest BCUT2D eigenvalue weighted by atomic mass is 10.1. The molecule has 0 aliphatic heterocycles. The molecule has 0 radical (unpaired) electrons. The third-order valence-electron chi connectivity index (χ3n) is 2.75. The molecule has 2 rings (SSSR count). The Labute approximate surface area is 109 Å². The van der Waals surface area contributed by atoms with Gasteiger partial charge >= 0.3 is 6.55 Å². The Kier molecular flexibility index (Phi) is 4.57. The van der Waals surface area contributed by atoms with Crippen molar-refractivity contribution in [2.45, 2.75) is 19.5 Å². The minimum absolute atomic E-state index is 0.268. The molecule has 0 aliphatic rings. The van der Waals surface area contributed by atoms with Crippen LogP contribution in [0.15, 0.2) is 36.7 Å². The highest BCUT2D eigenvalue weighted by molar-refractivity contribution is 5.16. The van der Waals surface area contributed by atoms with Crippen LogP contribution in [0.25, 0.3) is 0 Å². The summed E-state index contributed by atoms with van der Waals surface area (Å²) in [7, 11) is 0. The number of hydrogen-bond donors (Lipinski definition) is 1. The lowest BCUT2D eigenvalue weighted by Gasteiger charge is -2.07. The second-order valence-electron chi connectivity index (χ2n) is 4.08. The summed E-state index contributed by atoms with van der Waals surface area (Å²) in [6, 6.07) is 6.21. The summed E-state index contributed by atoms with van der Waals surface area (Å²) in [5.74, 6) is 0.0322. The number of aromatic nitrogens is 2. The molecule has 0 bridgehead atoms. The van der Waals surface area contributed by atoms with Gasteiger partial charge in [-0.15, -0.1) is 0 Å². The number of nitrogens with one attached hydrogen (secondary N) is 1. The predicted molar refractivity (Wildman–Crippen MR) is 65.3 cm³/mol. The van der Waals surface area contributed by atoms with Crippen LogP contribution in [-0.4, -0.2) is 16.1 Å². The molecular formula is C13H14F3N3. The van der Waals surface area contributed by atoms with Crippen molar-refractivity contribution in [1.29, 1.82) is 0 Å². The number of alkyl halides is 2. The summed E-state index contributed by atoms with van der Waals surface area (Å²) >= 11 is 0. The largest absolute Gasteiger partial charge is 0.319 e. The van der Waals surface area contributed by atoms with Crippen LogP contribution in [-0.2, 0) is 13.0 Å². The zero-order valence-corrected chi connectivity index (χ0v) is 10.2. The van der Waals surface area contributed by atoms with Crippen molar-refractivity contribution < 1.29 is 13.2 Å². The number of rotatable bonds is 6. The maximum atomic E-state index is 12.7. The molecule has 3 nitrogen and oxygen atoms in total. The van der Waals surface area contributed by atoms with Crippen LogP contribution in [0.2, 0.25) is 0 Å². The predicted octanol–water partition coefficient (Wildman–Crippen LogP) is 2.75. The minimum Gasteiger partial charge on any atom is -0.310 e. The van der Waals surface area contributed by atoms with E-state index in [1.54, 1.807) is 12.1 Å². The molecule has 0 amide bonds. The normalized spacial score (nSPS) is 11.2. The van der Waals surface area contributed by atoms with E-state index < -0.39 is 6.55 Å². The van der Waals surface area contributed by atoms with Crippen molar-refractivity contribution in [1.82, 2.24) is 14.9 Å². The van der Waals surface area contributed by atoms with E-state index in [1.807, 2.05) is 0 Å². The maximum absolute atomic E-state index is 12.7. The van der Waals surface area contributed by atoms with Gasteiger partial charge in [-0.3, -0.25) is 4.57 Å². The quantitative estimate of drug-likeness (QED) is 0.817. The first-order valence-corrected chi connectivity index (χ1v) is 5.92. The molecule has 6 heteroatoms.